The Kier molecular flexibility index (Phi) is 6.13. The van der Waals surface area contributed by atoms with E-state index in [4.69, 9.17) is 4.74 Å². The molecule has 0 radical (unpaired) electrons. The van der Waals surface area contributed by atoms with E-state index in [1.807, 2.05) is 0 Å². The largest absolute Gasteiger partial charge is 0.478 e. The van der Waals surface area contributed by atoms with Crippen LogP contribution in [0.3, 0.4) is 0 Å². The van der Waals surface area contributed by atoms with Crippen molar-refractivity contribution in [2.24, 2.45) is 0 Å². The standard InChI is InChI=1S/C13H20N2O5S/c1-15(2)21(18,19)10-5-6-12(11(9-10)13(16)17)14-7-4-8-20-3/h5-6,9,14H,4,7-8H2,1-3H3,(H,16,17). The highest BCUT2D eigenvalue weighted by Gasteiger charge is 2.20. The molecule has 2 N–H and O–H groups in total. The lowest BCUT2D eigenvalue weighted by atomic mass is 10.2. The molecule has 0 saturated carbocycles. The molecular weight excluding hydrogens is 296 g/mol. The zero-order chi connectivity index (χ0) is 16.0. The first-order chi connectivity index (χ1) is 9.80. The van der Waals surface area contributed by atoms with Crippen molar-refractivity contribution in [2.75, 3.05) is 39.7 Å². The van der Waals surface area contributed by atoms with Crippen LogP contribution in [0.4, 0.5) is 5.69 Å². The van der Waals surface area contributed by atoms with E-state index in [0.717, 1.165) is 10.4 Å². The lowest BCUT2D eigenvalue weighted by molar-refractivity contribution is 0.0697. The van der Waals surface area contributed by atoms with Crippen LogP contribution in [0.5, 0.6) is 0 Å². The van der Waals surface area contributed by atoms with Crippen LogP contribution in [-0.2, 0) is 14.8 Å². The Morgan fingerprint density at radius 2 is 2.05 bits per heavy atom. The van der Waals surface area contributed by atoms with Crippen molar-refractivity contribution in [1.29, 1.82) is 0 Å². The predicted molar refractivity (Wildman–Crippen MR) is 79.3 cm³/mol. The van der Waals surface area contributed by atoms with Crippen LogP contribution in [-0.4, -0.2) is 58.2 Å². The topological polar surface area (TPSA) is 95.9 Å². The third-order valence-corrected chi connectivity index (χ3v) is 4.65. The average molecular weight is 316 g/mol. The number of nitrogens with zero attached hydrogens (tertiary/aromatic N) is 1. The number of anilines is 1. The van der Waals surface area contributed by atoms with Gasteiger partial charge in [-0.25, -0.2) is 17.5 Å². The maximum absolute atomic E-state index is 12.0. The van der Waals surface area contributed by atoms with Gasteiger partial charge in [-0.15, -0.1) is 0 Å². The number of sulfonamides is 1. The number of ether oxygens (including phenoxy) is 1. The van der Waals surface area contributed by atoms with Gasteiger partial charge >= 0.3 is 5.97 Å². The first-order valence-electron chi connectivity index (χ1n) is 6.33. The van der Waals surface area contributed by atoms with E-state index in [2.05, 4.69) is 5.32 Å². The molecule has 8 heteroatoms. The molecule has 0 heterocycles. The fraction of sp³-hybridized carbons (Fsp3) is 0.462. The van der Waals surface area contributed by atoms with Gasteiger partial charge in [0.05, 0.1) is 10.5 Å². The number of carboxylic acids is 1. The molecule has 0 bridgehead atoms. The quantitative estimate of drug-likeness (QED) is 0.697. The van der Waals surface area contributed by atoms with Gasteiger partial charge in [-0.05, 0) is 24.6 Å². The summed E-state index contributed by atoms with van der Waals surface area (Å²) in [5, 5.41) is 12.2. The summed E-state index contributed by atoms with van der Waals surface area (Å²) in [4.78, 5) is 11.2. The molecule has 7 nitrogen and oxygen atoms in total. The molecule has 0 aliphatic heterocycles. The lowest BCUT2D eigenvalue weighted by Crippen LogP contribution is -2.22. The highest BCUT2D eigenvalue weighted by atomic mass is 32.2. The van der Waals surface area contributed by atoms with Crippen molar-refractivity contribution in [3.8, 4) is 0 Å². The van der Waals surface area contributed by atoms with Crippen LogP contribution >= 0.6 is 0 Å². The van der Waals surface area contributed by atoms with Gasteiger partial charge < -0.3 is 15.2 Å². The third-order valence-electron chi connectivity index (χ3n) is 2.84. The van der Waals surface area contributed by atoms with Crippen molar-refractivity contribution in [3.63, 3.8) is 0 Å². The Labute approximate surface area is 124 Å². The number of rotatable bonds is 8. The second kappa shape index (κ2) is 7.39. The summed E-state index contributed by atoms with van der Waals surface area (Å²) in [5.41, 5.74) is 0.312. The smallest absolute Gasteiger partial charge is 0.337 e. The van der Waals surface area contributed by atoms with Gasteiger partial charge in [0.15, 0.2) is 0 Å². The zero-order valence-electron chi connectivity index (χ0n) is 12.3. The number of methoxy groups -OCH3 is 1. The Morgan fingerprint density at radius 3 is 2.57 bits per heavy atom. The van der Waals surface area contributed by atoms with Crippen molar-refractivity contribution in [1.82, 2.24) is 4.31 Å². The van der Waals surface area contributed by atoms with Crippen LogP contribution in [0.1, 0.15) is 16.8 Å². The first kappa shape index (κ1) is 17.4. The second-order valence-electron chi connectivity index (χ2n) is 4.57. The number of hydrogen-bond acceptors (Lipinski definition) is 5. The summed E-state index contributed by atoms with van der Waals surface area (Å²) in [6, 6.07) is 4.02. The van der Waals surface area contributed by atoms with Gasteiger partial charge in [0, 0.05) is 40.0 Å². The number of carboxylic acid groups (broad SMARTS) is 1. The summed E-state index contributed by atoms with van der Waals surface area (Å²) >= 11 is 0. The van der Waals surface area contributed by atoms with Gasteiger partial charge in [-0.1, -0.05) is 0 Å². The van der Waals surface area contributed by atoms with E-state index in [9.17, 15) is 18.3 Å². The summed E-state index contributed by atoms with van der Waals surface area (Å²) in [6.45, 7) is 1.09. The van der Waals surface area contributed by atoms with Gasteiger partial charge in [0.1, 0.15) is 0 Å². The van der Waals surface area contributed by atoms with Crippen LogP contribution in [0, 0.1) is 0 Å². The Morgan fingerprint density at radius 1 is 1.38 bits per heavy atom. The molecule has 0 aliphatic rings. The minimum Gasteiger partial charge on any atom is -0.478 e. The summed E-state index contributed by atoms with van der Waals surface area (Å²) in [5.74, 6) is -1.18. The molecule has 118 valence electrons. The molecule has 0 aromatic heterocycles. The van der Waals surface area contributed by atoms with Gasteiger partial charge in [-0.2, -0.15) is 0 Å². The molecule has 0 spiro atoms. The molecule has 1 aromatic carbocycles. The minimum absolute atomic E-state index is 0.0488. The number of nitrogens with one attached hydrogen (secondary N) is 1. The molecular formula is C13H20N2O5S. The predicted octanol–water partition coefficient (Wildman–Crippen LogP) is 1.08. The number of aromatic carboxylic acids is 1. The molecule has 0 fully saturated rings. The maximum Gasteiger partial charge on any atom is 0.337 e. The first-order valence-corrected chi connectivity index (χ1v) is 7.77. The molecule has 1 rings (SSSR count). The molecule has 0 saturated heterocycles. The molecule has 21 heavy (non-hydrogen) atoms. The van der Waals surface area contributed by atoms with Crippen LogP contribution in [0.15, 0.2) is 23.1 Å². The van der Waals surface area contributed by atoms with E-state index in [-0.39, 0.29) is 10.5 Å². The van der Waals surface area contributed by atoms with Gasteiger partial charge in [-0.3, -0.25) is 0 Å². The van der Waals surface area contributed by atoms with E-state index < -0.39 is 16.0 Å². The fourth-order valence-electron chi connectivity index (χ4n) is 1.67. The molecule has 0 atom stereocenters. The van der Waals surface area contributed by atoms with Crippen LogP contribution in [0.2, 0.25) is 0 Å². The normalized spacial score (nSPS) is 11.6. The fourth-order valence-corrected chi connectivity index (χ4v) is 2.59. The highest BCUT2D eigenvalue weighted by Crippen LogP contribution is 2.22. The third kappa shape index (κ3) is 4.42. The molecule has 0 amide bonds. The zero-order valence-corrected chi connectivity index (χ0v) is 13.1. The molecule has 1 aromatic rings. The van der Waals surface area contributed by atoms with E-state index in [1.54, 1.807) is 7.11 Å². The Hall–Kier alpha value is -1.64. The SMILES string of the molecule is COCCCNc1ccc(S(=O)(=O)N(C)C)cc1C(=O)O. The van der Waals surface area contributed by atoms with E-state index >= 15 is 0 Å². The number of benzene rings is 1. The van der Waals surface area contributed by atoms with Crippen molar-refractivity contribution < 1.29 is 23.1 Å². The summed E-state index contributed by atoms with van der Waals surface area (Å²) in [6.07, 6.45) is 0.716. The lowest BCUT2D eigenvalue weighted by Gasteiger charge is -2.14. The Bertz CT molecular complexity index is 599. The van der Waals surface area contributed by atoms with Crippen molar-refractivity contribution in [2.45, 2.75) is 11.3 Å². The maximum atomic E-state index is 12.0. The van der Waals surface area contributed by atoms with Crippen LogP contribution < -0.4 is 5.32 Å². The number of carbonyl (C=O) groups is 1. The van der Waals surface area contributed by atoms with Gasteiger partial charge in [0.25, 0.3) is 0 Å². The minimum atomic E-state index is -3.66. The molecule has 0 unspecified atom stereocenters. The number of hydrogen-bond donors (Lipinski definition) is 2. The van der Waals surface area contributed by atoms with Crippen LogP contribution in [0.25, 0.3) is 0 Å². The average Bonchev–Trinajstić information content (AvgIpc) is 2.43. The van der Waals surface area contributed by atoms with Gasteiger partial charge in [0.2, 0.25) is 10.0 Å². The monoisotopic (exact) mass is 316 g/mol. The summed E-state index contributed by atoms with van der Waals surface area (Å²) < 4.78 is 30.0. The highest BCUT2D eigenvalue weighted by molar-refractivity contribution is 7.89. The van der Waals surface area contributed by atoms with Crippen molar-refractivity contribution in [3.05, 3.63) is 23.8 Å². The second-order valence-corrected chi connectivity index (χ2v) is 6.72. The van der Waals surface area contributed by atoms with Crippen molar-refractivity contribution >= 4 is 21.7 Å². The Balaban J connectivity index is 3.06. The van der Waals surface area contributed by atoms with E-state index in [1.165, 1.54) is 26.2 Å². The summed E-state index contributed by atoms with van der Waals surface area (Å²) in [7, 11) is 0.721. The van der Waals surface area contributed by atoms with E-state index in [0.29, 0.717) is 25.3 Å². The molecule has 0 aliphatic carbocycles.